The van der Waals surface area contributed by atoms with Gasteiger partial charge in [0.25, 0.3) is 0 Å². The molecule has 0 saturated heterocycles. The van der Waals surface area contributed by atoms with E-state index in [1.165, 1.54) is 27.8 Å². The molecule has 12 aromatic carbocycles. The Hall–Kier alpha value is -9.24. The van der Waals surface area contributed by atoms with Crippen LogP contribution in [0.5, 0.6) is 0 Å². The molecular weight excluding hydrogens is 857 g/mol. The van der Waals surface area contributed by atoms with Crippen molar-refractivity contribution in [3.05, 3.63) is 301 Å². The molecule has 71 heavy (non-hydrogen) atoms. The van der Waals surface area contributed by atoms with Crippen molar-refractivity contribution in [3.63, 3.8) is 0 Å². The predicted octanol–water partition coefficient (Wildman–Crippen LogP) is 18.3. The van der Waals surface area contributed by atoms with Gasteiger partial charge in [-0.3, -0.25) is 0 Å². The highest BCUT2D eigenvalue weighted by Gasteiger charge is 2.46. The van der Waals surface area contributed by atoms with Gasteiger partial charge in [-0.1, -0.05) is 206 Å². The summed E-state index contributed by atoms with van der Waals surface area (Å²) < 4.78 is 41.9. The maximum absolute atomic E-state index is 9.92. The Bertz CT molecular complexity index is 4320. The van der Waals surface area contributed by atoms with E-state index in [4.69, 9.17) is 0 Å². The lowest BCUT2D eigenvalue weighted by molar-refractivity contribution is 0.770. The molecule has 1 aromatic heterocycles. The van der Waals surface area contributed by atoms with E-state index in [1.54, 1.807) is 0 Å². The fraction of sp³-hybridized carbons (Fsp3) is 0.0145. The van der Waals surface area contributed by atoms with Crippen LogP contribution in [0, 0.1) is 0 Å². The fourth-order valence-corrected chi connectivity index (χ4v) is 11.5. The zero-order valence-electron chi connectivity index (χ0n) is 42.6. The number of hydrogen-bond donors (Lipinski definition) is 0. The lowest BCUT2D eigenvalue weighted by atomic mass is 9.67. The molecule has 0 atom stereocenters. The number of nitrogens with zero attached hydrogens (tertiary/aromatic N) is 2. The van der Waals surface area contributed by atoms with E-state index in [-0.39, 0.29) is 35.4 Å². The molecule has 1 aliphatic carbocycles. The summed E-state index contributed by atoms with van der Waals surface area (Å²) in [6.45, 7) is 0. The number of anilines is 3. The topological polar surface area (TPSA) is 8.17 Å². The highest BCUT2D eigenvalue weighted by atomic mass is 15.1. The van der Waals surface area contributed by atoms with Crippen LogP contribution in [0.25, 0.3) is 82.4 Å². The summed E-state index contributed by atoms with van der Waals surface area (Å²) in [6, 6.07) is 88.3. The second kappa shape index (κ2) is 16.5. The number of fused-ring (bicyclic) bond motifs is 9. The van der Waals surface area contributed by atoms with Gasteiger partial charge in [-0.2, -0.15) is 0 Å². The Kier molecular flexibility index (Phi) is 8.53. The second-order valence-electron chi connectivity index (χ2n) is 18.5. The van der Waals surface area contributed by atoms with Crippen molar-refractivity contribution in [2.45, 2.75) is 5.41 Å². The SMILES string of the molecule is [2H]c1c([2H])c(N(c2ccc(-c3ccccc3)cc2)c2ccc3c(ccc4ccccc43)c2)c([2H])c([2H])c1-c1ccc2c(c1)c1cc(C3(c4ccccc4)c4ccccc4-c4ccccc43)ccc1n2-c1ccccc1. The van der Waals surface area contributed by atoms with Gasteiger partial charge in [0.15, 0.2) is 0 Å². The highest BCUT2D eigenvalue weighted by molar-refractivity contribution is 6.11. The first-order valence-electron chi connectivity index (χ1n) is 26.3. The van der Waals surface area contributed by atoms with Crippen LogP contribution in [0.4, 0.5) is 17.1 Å². The third kappa shape index (κ3) is 6.49. The maximum Gasteiger partial charge on any atom is 0.0713 e. The minimum absolute atomic E-state index is 0.113. The molecule has 0 radical (unpaired) electrons. The molecule has 0 amide bonds. The Morgan fingerprint density at radius 1 is 0.324 bits per heavy atom. The van der Waals surface area contributed by atoms with Crippen LogP contribution in [-0.2, 0) is 5.41 Å². The molecule has 14 rings (SSSR count). The van der Waals surface area contributed by atoms with Gasteiger partial charge in [0.05, 0.1) is 21.9 Å². The third-order valence-corrected chi connectivity index (χ3v) is 14.7. The molecule has 0 saturated carbocycles. The monoisotopic (exact) mass is 906 g/mol. The quantitative estimate of drug-likeness (QED) is 0.138. The van der Waals surface area contributed by atoms with Gasteiger partial charge >= 0.3 is 0 Å². The van der Waals surface area contributed by atoms with Crippen molar-refractivity contribution < 1.29 is 5.48 Å². The van der Waals surface area contributed by atoms with Crippen LogP contribution >= 0.6 is 0 Å². The number of aromatic nitrogens is 1. The summed E-state index contributed by atoms with van der Waals surface area (Å²) in [4.78, 5) is 1.88. The van der Waals surface area contributed by atoms with Crippen LogP contribution in [0.15, 0.2) is 279 Å². The number of para-hydroxylation sites is 1. The molecule has 2 heteroatoms. The third-order valence-electron chi connectivity index (χ3n) is 14.7. The van der Waals surface area contributed by atoms with Crippen LogP contribution in [-0.4, -0.2) is 4.57 Å². The van der Waals surface area contributed by atoms with Crippen molar-refractivity contribution in [1.29, 1.82) is 0 Å². The van der Waals surface area contributed by atoms with E-state index in [0.717, 1.165) is 77.1 Å². The molecule has 0 unspecified atom stereocenters. The Morgan fingerprint density at radius 3 is 1.61 bits per heavy atom. The van der Waals surface area contributed by atoms with Crippen LogP contribution in [0.1, 0.15) is 27.7 Å². The summed E-state index contributed by atoms with van der Waals surface area (Å²) in [6.07, 6.45) is 0. The summed E-state index contributed by atoms with van der Waals surface area (Å²) in [5, 5.41) is 6.35. The zero-order chi connectivity index (χ0) is 50.4. The van der Waals surface area contributed by atoms with Crippen LogP contribution in [0.2, 0.25) is 0 Å². The fourth-order valence-electron chi connectivity index (χ4n) is 11.5. The molecule has 0 aliphatic heterocycles. The molecule has 332 valence electrons. The summed E-state index contributed by atoms with van der Waals surface area (Å²) in [5.41, 5.74) is 14.2. The van der Waals surface area contributed by atoms with Gasteiger partial charge in [-0.05, 0) is 150 Å². The van der Waals surface area contributed by atoms with Crippen molar-refractivity contribution in [2.24, 2.45) is 0 Å². The largest absolute Gasteiger partial charge is 0.310 e. The average Bonchev–Trinajstić information content (AvgIpc) is 4.00. The standard InChI is InChI=1S/C69H46N2/c1-4-16-47(17-5-1)48-30-36-56(37-31-48)70(58-40-41-60-52(44-58)29-28-50-18-10-11-23-59(50)60)57-38-32-49(33-39-57)51-34-42-67-63(45-51)64-46-54(35-43-68(64)71(67)55-21-8-3-9-22-55)69(53-19-6-2-7-20-53)65-26-14-12-24-61(65)62-25-13-15-27-66(62)69/h1-46H/i32D,33D,38D,39D. The second-order valence-corrected chi connectivity index (χ2v) is 18.5. The number of hydrogen-bond acceptors (Lipinski definition) is 1. The molecule has 0 spiro atoms. The molecule has 1 heterocycles. The minimum Gasteiger partial charge on any atom is -0.310 e. The lowest BCUT2D eigenvalue weighted by Gasteiger charge is -2.34. The van der Waals surface area contributed by atoms with Crippen molar-refractivity contribution in [1.82, 2.24) is 4.57 Å². The van der Waals surface area contributed by atoms with Crippen LogP contribution in [0.3, 0.4) is 0 Å². The summed E-state index contributed by atoms with van der Waals surface area (Å²) in [7, 11) is 0. The van der Waals surface area contributed by atoms with Crippen molar-refractivity contribution in [2.75, 3.05) is 4.90 Å². The highest BCUT2D eigenvalue weighted by Crippen LogP contribution is 2.56. The molecule has 2 nitrogen and oxygen atoms in total. The van der Waals surface area contributed by atoms with E-state index in [1.807, 2.05) is 65.6 Å². The van der Waals surface area contributed by atoms with Gasteiger partial charge < -0.3 is 9.47 Å². The van der Waals surface area contributed by atoms with E-state index >= 15 is 0 Å². The first kappa shape index (κ1) is 36.8. The maximum atomic E-state index is 9.92. The van der Waals surface area contributed by atoms with Gasteiger partial charge in [0, 0.05) is 33.5 Å². The minimum atomic E-state index is -0.618. The van der Waals surface area contributed by atoms with E-state index in [2.05, 4.69) is 199 Å². The predicted molar refractivity (Wildman–Crippen MR) is 299 cm³/mol. The zero-order valence-corrected chi connectivity index (χ0v) is 38.6. The Labute approximate surface area is 419 Å². The van der Waals surface area contributed by atoms with Crippen LogP contribution < -0.4 is 4.90 Å². The Morgan fingerprint density at radius 2 is 0.873 bits per heavy atom. The van der Waals surface area contributed by atoms with Gasteiger partial charge in [0.1, 0.15) is 0 Å². The van der Waals surface area contributed by atoms with E-state index < -0.39 is 5.41 Å². The van der Waals surface area contributed by atoms with E-state index in [9.17, 15) is 5.48 Å². The molecule has 1 aliphatic rings. The van der Waals surface area contributed by atoms with E-state index in [0.29, 0.717) is 5.56 Å². The Balaban J connectivity index is 0.974. The van der Waals surface area contributed by atoms with Crippen molar-refractivity contribution in [3.8, 4) is 39.1 Å². The number of benzene rings is 12. The normalized spacial score (nSPS) is 13.4. The lowest BCUT2D eigenvalue weighted by Crippen LogP contribution is -2.28. The molecule has 0 fully saturated rings. The summed E-state index contributed by atoms with van der Waals surface area (Å²) in [5.74, 6) is 0. The molecular formula is C69H46N2. The smallest absolute Gasteiger partial charge is 0.0713 e. The van der Waals surface area contributed by atoms with Crippen molar-refractivity contribution >= 4 is 60.4 Å². The van der Waals surface area contributed by atoms with Gasteiger partial charge in [-0.25, -0.2) is 0 Å². The molecule has 0 bridgehead atoms. The first-order valence-corrected chi connectivity index (χ1v) is 24.3. The molecule has 13 aromatic rings. The van der Waals surface area contributed by atoms with Gasteiger partial charge in [0.2, 0.25) is 0 Å². The summed E-state index contributed by atoms with van der Waals surface area (Å²) >= 11 is 0. The molecule has 0 N–H and O–H groups in total. The van der Waals surface area contributed by atoms with Gasteiger partial charge in [-0.15, -0.1) is 0 Å². The first-order chi connectivity index (χ1) is 36.9. The average molecular weight is 907 g/mol. The number of rotatable bonds is 8.